The fraction of sp³-hybridized carbons (Fsp3) is 0.267. The van der Waals surface area contributed by atoms with E-state index in [1.165, 1.54) is 4.90 Å². The Labute approximate surface area is 225 Å². The molecule has 5 rings (SSSR count). The maximum Gasteiger partial charge on any atom is 0.414 e. The number of aliphatic hydroxyl groups excluding tert-OH is 1. The number of para-hydroxylation sites is 1. The Bertz CT molecular complexity index is 1470. The quantitative estimate of drug-likeness (QED) is 0.265. The van der Waals surface area contributed by atoms with Gasteiger partial charge in [0.05, 0.1) is 45.3 Å². The zero-order valence-electron chi connectivity index (χ0n) is 21.4. The number of hydrogen-bond donors (Lipinski definition) is 2. The third-order valence-electron chi connectivity index (χ3n) is 6.36. The van der Waals surface area contributed by atoms with Gasteiger partial charge in [0, 0.05) is 16.6 Å². The van der Waals surface area contributed by atoms with E-state index in [0.717, 1.165) is 16.5 Å². The van der Waals surface area contributed by atoms with Crippen molar-refractivity contribution in [2.75, 3.05) is 44.5 Å². The van der Waals surface area contributed by atoms with Crippen molar-refractivity contribution in [2.24, 2.45) is 0 Å². The standard InChI is InChI=1S/C30H30N2O7/c33-19-24-18-32(30(35)39-24)23-11-10-22-16-27(31-29(34)26(22)17-23)25-8-4-5-9-28(25)38-15-14-36-12-13-37-20-21-6-2-1-3-7-21/h1-11,16-17,24,33H,12-15,18-20H2,(H,31,34). The number of anilines is 1. The van der Waals surface area contributed by atoms with Gasteiger partial charge in [-0.3, -0.25) is 9.69 Å². The van der Waals surface area contributed by atoms with Crippen LogP contribution in [-0.4, -0.2) is 61.9 Å². The van der Waals surface area contributed by atoms with Gasteiger partial charge in [-0.15, -0.1) is 0 Å². The molecule has 3 aromatic carbocycles. The van der Waals surface area contributed by atoms with Crippen LogP contribution in [-0.2, 0) is 20.8 Å². The van der Waals surface area contributed by atoms with Gasteiger partial charge < -0.3 is 29.0 Å². The van der Waals surface area contributed by atoms with Crippen molar-refractivity contribution in [3.8, 4) is 17.0 Å². The van der Waals surface area contributed by atoms with Crippen molar-refractivity contribution in [3.05, 3.63) is 94.8 Å². The summed E-state index contributed by atoms with van der Waals surface area (Å²) in [6.45, 7) is 2.23. The lowest BCUT2D eigenvalue weighted by atomic mass is 10.1. The first kappa shape index (κ1) is 26.4. The number of carbonyl (C=O) groups excluding carboxylic acids is 1. The summed E-state index contributed by atoms with van der Waals surface area (Å²) in [7, 11) is 0. The van der Waals surface area contributed by atoms with Crippen molar-refractivity contribution in [2.45, 2.75) is 12.7 Å². The molecule has 4 aromatic rings. The minimum Gasteiger partial charge on any atom is -0.490 e. The maximum atomic E-state index is 13.0. The second kappa shape index (κ2) is 12.6. The van der Waals surface area contributed by atoms with E-state index in [0.29, 0.717) is 55.6 Å². The van der Waals surface area contributed by atoms with Crippen LogP contribution in [0.1, 0.15) is 5.56 Å². The third kappa shape index (κ3) is 6.46. The first-order chi connectivity index (χ1) is 19.1. The Morgan fingerprint density at radius 3 is 2.49 bits per heavy atom. The van der Waals surface area contributed by atoms with E-state index < -0.39 is 12.2 Å². The summed E-state index contributed by atoms with van der Waals surface area (Å²) in [4.78, 5) is 29.5. The molecule has 0 spiro atoms. The predicted octanol–water partition coefficient (Wildman–Crippen LogP) is 4.12. The Kier molecular flexibility index (Phi) is 8.52. The van der Waals surface area contributed by atoms with E-state index in [4.69, 9.17) is 18.9 Å². The number of carbonyl (C=O) groups is 1. The number of rotatable bonds is 12. The molecule has 1 saturated heterocycles. The molecule has 39 heavy (non-hydrogen) atoms. The summed E-state index contributed by atoms with van der Waals surface area (Å²) in [6.07, 6.45) is -1.13. The molecule has 2 heterocycles. The lowest BCUT2D eigenvalue weighted by Gasteiger charge is -2.15. The van der Waals surface area contributed by atoms with Gasteiger partial charge in [-0.25, -0.2) is 4.79 Å². The number of cyclic esters (lactones) is 1. The van der Waals surface area contributed by atoms with Crippen molar-refractivity contribution in [3.63, 3.8) is 0 Å². The van der Waals surface area contributed by atoms with Crippen molar-refractivity contribution in [1.82, 2.24) is 4.98 Å². The molecule has 1 aliphatic rings. The summed E-state index contributed by atoms with van der Waals surface area (Å²) in [5.41, 5.74) is 2.74. The minimum atomic E-state index is -0.580. The largest absolute Gasteiger partial charge is 0.490 e. The zero-order chi connectivity index (χ0) is 27.0. The van der Waals surface area contributed by atoms with Gasteiger partial charge in [-0.05, 0) is 41.3 Å². The maximum absolute atomic E-state index is 13.0. The first-order valence-electron chi connectivity index (χ1n) is 12.8. The summed E-state index contributed by atoms with van der Waals surface area (Å²) >= 11 is 0. The molecule has 1 fully saturated rings. The Morgan fingerprint density at radius 1 is 0.897 bits per heavy atom. The molecule has 1 atom stereocenters. The van der Waals surface area contributed by atoms with E-state index in [1.807, 2.05) is 60.7 Å². The van der Waals surface area contributed by atoms with Gasteiger partial charge in [0.15, 0.2) is 0 Å². The van der Waals surface area contributed by atoms with Crippen LogP contribution in [0.5, 0.6) is 5.75 Å². The highest BCUT2D eigenvalue weighted by atomic mass is 16.6. The number of amides is 1. The van der Waals surface area contributed by atoms with Crippen LogP contribution in [0.15, 0.2) is 83.7 Å². The van der Waals surface area contributed by atoms with Gasteiger partial charge >= 0.3 is 6.09 Å². The topological polar surface area (TPSA) is 110 Å². The second-order valence-electron chi connectivity index (χ2n) is 9.08. The van der Waals surface area contributed by atoms with Crippen molar-refractivity contribution >= 4 is 22.6 Å². The van der Waals surface area contributed by atoms with Gasteiger partial charge in [0.1, 0.15) is 18.5 Å². The molecule has 0 aliphatic carbocycles. The van der Waals surface area contributed by atoms with E-state index >= 15 is 0 Å². The minimum absolute atomic E-state index is 0.228. The zero-order valence-corrected chi connectivity index (χ0v) is 21.4. The number of hydrogen-bond acceptors (Lipinski definition) is 7. The highest BCUT2D eigenvalue weighted by Gasteiger charge is 2.32. The average molecular weight is 531 g/mol. The molecule has 9 nitrogen and oxygen atoms in total. The molecule has 2 N–H and O–H groups in total. The summed E-state index contributed by atoms with van der Waals surface area (Å²) < 4.78 is 22.3. The van der Waals surface area contributed by atoms with E-state index in [2.05, 4.69) is 4.98 Å². The van der Waals surface area contributed by atoms with Crippen LogP contribution in [0.2, 0.25) is 0 Å². The average Bonchev–Trinajstić information content (AvgIpc) is 3.35. The number of ether oxygens (including phenoxy) is 4. The number of H-pyrrole nitrogens is 1. The summed E-state index contributed by atoms with van der Waals surface area (Å²) in [5.74, 6) is 0.628. The van der Waals surface area contributed by atoms with Gasteiger partial charge in [-0.1, -0.05) is 48.5 Å². The number of aliphatic hydroxyl groups is 1. The first-order valence-corrected chi connectivity index (χ1v) is 12.8. The Balaban J connectivity index is 1.19. The summed E-state index contributed by atoms with van der Waals surface area (Å²) in [5, 5.41) is 10.5. The van der Waals surface area contributed by atoms with Gasteiger partial charge in [-0.2, -0.15) is 0 Å². The Hall–Kier alpha value is -4.18. The highest BCUT2D eigenvalue weighted by Crippen LogP contribution is 2.31. The SMILES string of the molecule is O=C1OC(CO)CN1c1ccc2cc(-c3ccccc3OCCOCCOCc3ccccc3)[nH]c(=O)c2c1. The van der Waals surface area contributed by atoms with E-state index in [9.17, 15) is 14.7 Å². The number of aromatic amines is 1. The molecule has 1 amide bonds. The molecular formula is C30H30N2O7. The monoisotopic (exact) mass is 530 g/mol. The molecule has 0 saturated carbocycles. The number of aromatic nitrogens is 1. The molecule has 1 aromatic heterocycles. The van der Waals surface area contributed by atoms with Crippen LogP contribution in [0.3, 0.4) is 0 Å². The molecule has 1 aliphatic heterocycles. The van der Waals surface area contributed by atoms with Crippen LogP contribution in [0.4, 0.5) is 10.5 Å². The third-order valence-corrected chi connectivity index (χ3v) is 6.36. The normalized spacial score (nSPS) is 15.1. The predicted molar refractivity (Wildman–Crippen MR) is 147 cm³/mol. The van der Waals surface area contributed by atoms with Crippen molar-refractivity contribution < 1.29 is 28.8 Å². The van der Waals surface area contributed by atoms with E-state index in [1.54, 1.807) is 18.2 Å². The number of pyridine rings is 1. The molecule has 0 radical (unpaired) electrons. The van der Waals surface area contributed by atoms with Crippen LogP contribution in [0.25, 0.3) is 22.0 Å². The highest BCUT2D eigenvalue weighted by molar-refractivity contribution is 5.94. The van der Waals surface area contributed by atoms with Crippen LogP contribution < -0.4 is 15.2 Å². The van der Waals surface area contributed by atoms with E-state index in [-0.39, 0.29) is 18.7 Å². The van der Waals surface area contributed by atoms with Crippen LogP contribution >= 0.6 is 0 Å². The fourth-order valence-corrected chi connectivity index (χ4v) is 4.40. The molecular weight excluding hydrogens is 500 g/mol. The van der Waals surface area contributed by atoms with Crippen LogP contribution in [0, 0.1) is 0 Å². The summed E-state index contributed by atoms with van der Waals surface area (Å²) in [6, 6.07) is 24.5. The lowest BCUT2D eigenvalue weighted by Crippen LogP contribution is -2.25. The molecule has 202 valence electrons. The van der Waals surface area contributed by atoms with Gasteiger partial charge in [0.2, 0.25) is 0 Å². The Morgan fingerprint density at radius 2 is 1.67 bits per heavy atom. The van der Waals surface area contributed by atoms with Crippen molar-refractivity contribution in [1.29, 1.82) is 0 Å². The lowest BCUT2D eigenvalue weighted by molar-refractivity contribution is 0.0304. The number of nitrogens with one attached hydrogen (secondary N) is 1. The molecule has 9 heteroatoms. The number of fused-ring (bicyclic) bond motifs is 1. The smallest absolute Gasteiger partial charge is 0.414 e. The second-order valence-corrected chi connectivity index (χ2v) is 9.08. The molecule has 1 unspecified atom stereocenters. The number of nitrogens with zero attached hydrogens (tertiary/aromatic N) is 1. The molecule has 0 bridgehead atoms. The number of benzene rings is 3. The van der Waals surface area contributed by atoms with Gasteiger partial charge in [0.25, 0.3) is 5.56 Å². The fourth-order valence-electron chi connectivity index (χ4n) is 4.40.